The quantitative estimate of drug-likeness (QED) is 0.645. The van der Waals surface area contributed by atoms with Gasteiger partial charge in [-0.15, -0.1) is 11.3 Å². The molecule has 0 spiro atoms. The average molecular weight is 407 g/mol. The molecule has 2 heterocycles. The van der Waals surface area contributed by atoms with Crippen LogP contribution in [-0.4, -0.2) is 37.1 Å². The molecule has 0 saturated carbocycles. The molecule has 3 aromatic rings. The van der Waals surface area contributed by atoms with E-state index in [0.717, 1.165) is 31.3 Å². The van der Waals surface area contributed by atoms with Crippen molar-refractivity contribution < 1.29 is 9.53 Å². The van der Waals surface area contributed by atoms with Gasteiger partial charge in [0.05, 0.1) is 19.3 Å². The molecule has 29 heavy (non-hydrogen) atoms. The molecule has 4 nitrogen and oxygen atoms in total. The van der Waals surface area contributed by atoms with Gasteiger partial charge < -0.3 is 10.1 Å². The van der Waals surface area contributed by atoms with E-state index in [2.05, 4.69) is 48.3 Å². The number of morpholine rings is 1. The van der Waals surface area contributed by atoms with Crippen molar-refractivity contribution in [1.82, 2.24) is 4.90 Å². The summed E-state index contributed by atoms with van der Waals surface area (Å²) in [6.07, 6.45) is 0. The number of carbonyl (C=O) groups is 1. The topological polar surface area (TPSA) is 41.6 Å². The van der Waals surface area contributed by atoms with Gasteiger partial charge in [0.1, 0.15) is 5.00 Å². The monoisotopic (exact) mass is 406 g/mol. The van der Waals surface area contributed by atoms with Gasteiger partial charge in [0.2, 0.25) is 0 Å². The van der Waals surface area contributed by atoms with Crippen molar-refractivity contribution in [2.75, 3.05) is 31.6 Å². The first-order chi connectivity index (χ1) is 14.1. The van der Waals surface area contributed by atoms with E-state index in [4.69, 9.17) is 4.74 Å². The number of thiophene rings is 1. The Labute approximate surface area is 176 Å². The normalized spacial score (nSPS) is 15.8. The van der Waals surface area contributed by atoms with Crippen molar-refractivity contribution in [3.63, 3.8) is 0 Å². The summed E-state index contributed by atoms with van der Waals surface area (Å²) in [6.45, 7) is 7.51. The number of aryl methyl sites for hydroxylation is 1. The number of rotatable bonds is 5. The molecule has 1 fully saturated rings. The van der Waals surface area contributed by atoms with Crippen molar-refractivity contribution in [2.24, 2.45) is 0 Å². The van der Waals surface area contributed by atoms with Gasteiger partial charge in [-0.25, -0.2) is 0 Å². The number of carbonyl (C=O) groups excluding carboxylic acids is 1. The molecule has 0 bridgehead atoms. The number of nitrogens with one attached hydrogen (secondary N) is 1. The van der Waals surface area contributed by atoms with E-state index >= 15 is 0 Å². The fourth-order valence-corrected chi connectivity index (χ4v) is 4.95. The van der Waals surface area contributed by atoms with Gasteiger partial charge in [0.25, 0.3) is 5.91 Å². The molecule has 0 radical (unpaired) electrons. The fraction of sp³-hybridized carbons (Fsp3) is 0.292. The SMILES string of the molecule is Cc1sc(NC(=O)c2ccccc2)c([C@@H](c2ccccc2)N2CCOCC2)c1C. The molecule has 1 N–H and O–H groups in total. The summed E-state index contributed by atoms with van der Waals surface area (Å²) >= 11 is 1.66. The van der Waals surface area contributed by atoms with E-state index in [9.17, 15) is 4.79 Å². The van der Waals surface area contributed by atoms with Crippen LogP contribution in [0.2, 0.25) is 0 Å². The second-order valence-corrected chi connectivity index (χ2v) is 8.53. The van der Waals surface area contributed by atoms with Crippen LogP contribution in [0.15, 0.2) is 60.7 Å². The van der Waals surface area contributed by atoms with Crippen molar-refractivity contribution in [3.8, 4) is 0 Å². The Morgan fingerprint density at radius 3 is 2.28 bits per heavy atom. The minimum Gasteiger partial charge on any atom is -0.379 e. The van der Waals surface area contributed by atoms with Crippen LogP contribution in [0.4, 0.5) is 5.00 Å². The standard InChI is InChI=1S/C24H26N2O2S/c1-17-18(2)29-24(25-23(27)20-11-7-4-8-12-20)21(17)22(19-9-5-3-6-10-19)26-13-15-28-16-14-26/h3-12,22H,13-16H2,1-2H3,(H,25,27)/t22-/m1/s1. The third-order valence-electron chi connectivity index (χ3n) is 5.49. The molecule has 1 atom stereocenters. The summed E-state index contributed by atoms with van der Waals surface area (Å²) in [6, 6.07) is 20.1. The van der Waals surface area contributed by atoms with E-state index in [0.29, 0.717) is 5.56 Å². The van der Waals surface area contributed by atoms with E-state index in [1.807, 2.05) is 36.4 Å². The minimum atomic E-state index is -0.0677. The van der Waals surface area contributed by atoms with Gasteiger partial charge in [-0.05, 0) is 37.1 Å². The minimum absolute atomic E-state index is 0.0677. The van der Waals surface area contributed by atoms with Crippen LogP contribution < -0.4 is 5.32 Å². The van der Waals surface area contributed by atoms with Crippen LogP contribution >= 0.6 is 11.3 Å². The predicted octanol–water partition coefficient (Wildman–Crippen LogP) is 5.04. The molecule has 150 valence electrons. The number of amides is 1. The zero-order chi connectivity index (χ0) is 20.2. The summed E-state index contributed by atoms with van der Waals surface area (Å²) in [4.78, 5) is 16.6. The van der Waals surface area contributed by atoms with E-state index in [1.165, 1.54) is 21.6 Å². The van der Waals surface area contributed by atoms with Crippen LogP contribution in [-0.2, 0) is 4.74 Å². The first kappa shape index (κ1) is 19.8. The van der Waals surface area contributed by atoms with Crippen molar-refractivity contribution in [3.05, 3.63) is 87.8 Å². The number of ether oxygens (including phenoxy) is 1. The number of anilines is 1. The van der Waals surface area contributed by atoms with Crippen LogP contribution in [0.3, 0.4) is 0 Å². The van der Waals surface area contributed by atoms with Gasteiger partial charge in [0, 0.05) is 29.1 Å². The maximum Gasteiger partial charge on any atom is 0.256 e. The molecule has 2 aromatic carbocycles. The molecule has 1 aliphatic rings. The summed E-state index contributed by atoms with van der Waals surface area (Å²) < 4.78 is 5.60. The Morgan fingerprint density at radius 2 is 1.62 bits per heavy atom. The maximum atomic E-state index is 12.9. The summed E-state index contributed by atoms with van der Waals surface area (Å²) in [5.41, 5.74) is 4.36. The van der Waals surface area contributed by atoms with Gasteiger partial charge >= 0.3 is 0 Å². The van der Waals surface area contributed by atoms with Gasteiger partial charge in [0.15, 0.2) is 0 Å². The molecular formula is C24H26N2O2S. The Balaban J connectivity index is 1.75. The highest BCUT2D eigenvalue weighted by Gasteiger charge is 2.30. The lowest BCUT2D eigenvalue weighted by molar-refractivity contribution is 0.0240. The lowest BCUT2D eigenvalue weighted by atomic mass is 9.94. The van der Waals surface area contributed by atoms with Gasteiger partial charge in [-0.3, -0.25) is 9.69 Å². The molecule has 0 unspecified atom stereocenters. The van der Waals surface area contributed by atoms with Crippen molar-refractivity contribution >= 4 is 22.2 Å². The smallest absolute Gasteiger partial charge is 0.256 e. The Morgan fingerprint density at radius 1 is 1.00 bits per heavy atom. The van der Waals surface area contributed by atoms with Crippen LogP contribution in [0.25, 0.3) is 0 Å². The first-order valence-electron chi connectivity index (χ1n) is 9.98. The van der Waals surface area contributed by atoms with E-state index in [1.54, 1.807) is 11.3 Å². The summed E-state index contributed by atoms with van der Waals surface area (Å²) in [5.74, 6) is -0.0677. The molecular weight excluding hydrogens is 380 g/mol. The molecule has 0 aliphatic carbocycles. The molecule has 1 aromatic heterocycles. The third-order valence-corrected chi connectivity index (χ3v) is 6.63. The van der Waals surface area contributed by atoms with Crippen LogP contribution in [0.1, 0.15) is 38.0 Å². The van der Waals surface area contributed by atoms with Gasteiger partial charge in [-0.2, -0.15) is 0 Å². The second-order valence-electron chi connectivity index (χ2n) is 7.31. The highest BCUT2D eigenvalue weighted by Crippen LogP contribution is 2.42. The largest absolute Gasteiger partial charge is 0.379 e. The number of nitrogens with zero attached hydrogens (tertiary/aromatic N) is 1. The predicted molar refractivity (Wildman–Crippen MR) is 119 cm³/mol. The Bertz CT molecular complexity index is 963. The Hall–Kier alpha value is -2.47. The maximum absolute atomic E-state index is 12.9. The van der Waals surface area contributed by atoms with Crippen molar-refractivity contribution in [2.45, 2.75) is 19.9 Å². The molecule has 1 amide bonds. The van der Waals surface area contributed by atoms with E-state index in [-0.39, 0.29) is 11.9 Å². The van der Waals surface area contributed by atoms with Gasteiger partial charge in [-0.1, -0.05) is 48.5 Å². The zero-order valence-electron chi connectivity index (χ0n) is 16.9. The number of benzene rings is 2. The molecule has 4 rings (SSSR count). The van der Waals surface area contributed by atoms with Crippen LogP contribution in [0.5, 0.6) is 0 Å². The lowest BCUT2D eigenvalue weighted by Crippen LogP contribution is -2.39. The first-order valence-corrected chi connectivity index (χ1v) is 10.8. The van der Waals surface area contributed by atoms with E-state index < -0.39 is 0 Å². The number of hydrogen-bond donors (Lipinski definition) is 1. The van der Waals surface area contributed by atoms with Crippen molar-refractivity contribution in [1.29, 1.82) is 0 Å². The summed E-state index contributed by atoms with van der Waals surface area (Å²) in [7, 11) is 0. The lowest BCUT2D eigenvalue weighted by Gasteiger charge is -2.35. The average Bonchev–Trinajstić information content (AvgIpc) is 3.04. The molecule has 1 aliphatic heterocycles. The Kier molecular flexibility index (Phi) is 6.09. The molecule has 1 saturated heterocycles. The third kappa shape index (κ3) is 4.27. The molecule has 5 heteroatoms. The highest BCUT2D eigenvalue weighted by molar-refractivity contribution is 7.16. The summed E-state index contributed by atoms with van der Waals surface area (Å²) in [5, 5.41) is 4.14. The second kappa shape index (κ2) is 8.91. The zero-order valence-corrected chi connectivity index (χ0v) is 17.7. The highest BCUT2D eigenvalue weighted by atomic mass is 32.1. The van der Waals surface area contributed by atoms with Crippen LogP contribution in [0, 0.1) is 13.8 Å². The number of hydrogen-bond acceptors (Lipinski definition) is 4. The fourth-order valence-electron chi connectivity index (χ4n) is 3.86.